The van der Waals surface area contributed by atoms with Crippen molar-refractivity contribution in [2.24, 2.45) is 5.41 Å². The molecule has 1 amide bonds. The molecule has 158 valence electrons. The van der Waals surface area contributed by atoms with E-state index in [4.69, 9.17) is 27.0 Å². The minimum atomic E-state index is -0.897. The topological polar surface area (TPSA) is 83.4 Å². The first-order valence-electron chi connectivity index (χ1n) is 10.5. The van der Waals surface area contributed by atoms with Crippen molar-refractivity contribution in [1.82, 2.24) is 10.6 Å². The van der Waals surface area contributed by atoms with Gasteiger partial charge in [-0.1, -0.05) is 12.1 Å². The number of carbonyl (C=O) groups is 1. The van der Waals surface area contributed by atoms with Crippen molar-refractivity contribution in [2.45, 2.75) is 43.7 Å². The van der Waals surface area contributed by atoms with Gasteiger partial charge in [-0.25, -0.2) is 0 Å². The van der Waals surface area contributed by atoms with E-state index in [-0.39, 0.29) is 17.4 Å². The Morgan fingerprint density at radius 2 is 1.94 bits per heavy atom. The number of carbonyl (C=O) groups excluding carboxylic acids is 1. The molecule has 2 N–H and O–H groups in total. The summed E-state index contributed by atoms with van der Waals surface area (Å²) < 4.78 is 11.6. The van der Waals surface area contributed by atoms with Gasteiger partial charge >= 0.3 is 0 Å². The lowest BCUT2D eigenvalue weighted by molar-refractivity contribution is -0.131. The Labute approximate surface area is 186 Å². The number of hydrogen-bond donors (Lipinski definition) is 2. The van der Waals surface area contributed by atoms with E-state index in [0.717, 1.165) is 43.2 Å². The fourth-order valence-electron chi connectivity index (χ4n) is 5.62. The molecule has 31 heavy (non-hydrogen) atoms. The molecule has 3 aliphatic rings. The summed E-state index contributed by atoms with van der Waals surface area (Å²) in [6.07, 6.45) is 4.63. The number of methoxy groups -OCH3 is 1. The van der Waals surface area contributed by atoms with Crippen molar-refractivity contribution < 1.29 is 14.3 Å². The zero-order valence-corrected chi connectivity index (χ0v) is 18.1. The van der Waals surface area contributed by atoms with Gasteiger partial charge in [0.25, 0.3) is 5.91 Å². The molecule has 2 aromatic rings. The van der Waals surface area contributed by atoms with Gasteiger partial charge in [0.1, 0.15) is 11.5 Å². The fraction of sp³-hybridized carbons (Fsp3) is 0.375. The summed E-state index contributed by atoms with van der Waals surface area (Å²) in [6.45, 7) is 0. The molecule has 6 nitrogen and oxygen atoms in total. The Kier molecular flexibility index (Phi) is 4.72. The minimum Gasteiger partial charge on any atom is -0.457 e. The van der Waals surface area contributed by atoms with Crippen LogP contribution in [-0.2, 0) is 21.5 Å². The molecular formula is C24H23N3O3S. The molecule has 2 aliphatic carbocycles. The van der Waals surface area contributed by atoms with Crippen molar-refractivity contribution >= 4 is 23.2 Å². The van der Waals surface area contributed by atoms with Gasteiger partial charge in [-0.15, -0.1) is 0 Å². The summed E-state index contributed by atoms with van der Waals surface area (Å²) in [5.41, 5.74) is 1.45. The molecular weight excluding hydrogens is 410 g/mol. The lowest BCUT2D eigenvalue weighted by Crippen LogP contribution is -2.56. The van der Waals surface area contributed by atoms with Gasteiger partial charge < -0.3 is 20.1 Å². The van der Waals surface area contributed by atoms with Gasteiger partial charge in [-0.3, -0.25) is 4.79 Å². The van der Waals surface area contributed by atoms with Crippen LogP contribution in [0.2, 0.25) is 0 Å². The number of nitrogens with one attached hydrogen (secondary N) is 2. The molecule has 7 heteroatoms. The second-order valence-electron chi connectivity index (χ2n) is 8.61. The van der Waals surface area contributed by atoms with Crippen molar-refractivity contribution in [3.05, 3.63) is 59.2 Å². The molecule has 1 saturated carbocycles. The third-order valence-corrected chi connectivity index (χ3v) is 7.30. The molecule has 2 aromatic carbocycles. The van der Waals surface area contributed by atoms with E-state index < -0.39 is 5.54 Å². The second kappa shape index (κ2) is 7.33. The minimum absolute atomic E-state index is 0.0873. The summed E-state index contributed by atoms with van der Waals surface area (Å²) in [7, 11) is 1.75. The fourth-order valence-corrected chi connectivity index (χ4v) is 5.87. The largest absolute Gasteiger partial charge is 0.457 e. The molecule has 0 bridgehead atoms. The lowest BCUT2D eigenvalue weighted by Gasteiger charge is -2.46. The van der Waals surface area contributed by atoms with E-state index >= 15 is 0 Å². The first kappa shape index (κ1) is 20.0. The maximum Gasteiger partial charge on any atom is 0.257 e. The van der Waals surface area contributed by atoms with Crippen LogP contribution in [0.15, 0.2) is 42.5 Å². The highest BCUT2D eigenvalue weighted by Crippen LogP contribution is 2.59. The molecule has 1 heterocycles. The number of hydrogen-bond acceptors (Lipinski definition) is 5. The highest BCUT2D eigenvalue weighted by atomic mass is 32.1. The predicted molar refractivity (Wildman–Crippen MR) is 119 cm³/mol. The molecule has 1 saturated heterocycles. The SMILES string of the molecule is COC1CCC2(CC1)Cc1ccc(Oc3cccc(C#N)c3)cc1C21NC(=S)NC1=O. The second-order valence-corrected chi connectivity index (χ2v) is 9.02. The Bertz CT molecular complexity index is 1120. The smallest absolute Gasteiger partial charge is 0.257 e. The zero-order chi connectivity index (χ0) is 21.6. The first-order valence-corrected chi connectivity index (χ1v) is 10.9. The predicted octanol–water partition coefficient (Wildman–Crippen LogP) is 3.68. The van der Waals surface area contributed by atoms with Crippen LogP contribution in [0, 0.1) is 16.7 Å². The van der Waals surface area contributed by atoms with E-state index in [9.17, 15) is 4.79 Å². The van der Waals surface area contributed by atoms with Gasteiger partial charge in [0.2, 0.25) is 0 Å². The van der Waals surface area contributed by atoms with Crippen LogP contribution in [-0.4, -0.2) is 24.2 Å². The van der Waals surface area contributed by atoms with Crippen LogP contribution >= 0.6 is 12.2 Å². The number of fused-ring (bicyclic) bond motifs is 3. The average Bonchev–Trinajstić information content (AvgIpc) is 3.23. The van der Waals surface area contributed by atoms with Crippen molar-refractivity contribution in [3.63, 3.8) is 0 Å². The molecule has 1 atom stereocenters. The Morgan fingerprint density at radius 1 is 1.16 bits per heavy atom. The number of amides is 1. The summed E-state index contributed by atoms with van der Waals surface area (Å²) in [5.74, 6) is 1.12. The van der Waals surface area contributed by atoms with Crippen LogP contribution in [0.5, 0.6) is 11.5 Å². The van der Waals surface area contributed by atoms with E-state index in [0.29, 0.717) is 22.2 Å². The highest BCUT2D eigenvalue weighted by Gasteiger charge is 2.65. The number of nitriles is 1. The van der Waals surface area contributed by atoms with Crippen LogP contribution in [0.3, 0.4) is 0 Å². The third-order valence-electron chi connectivity index (χ3n) is 7.10. The van der Waals surface area contributed by atoms with Gasteiger partial charge in [-0.05, 0) is 85.8 Å². The van der Waals surface area contributed by atoms with Crippen molar-refractivity contribution in [2.75, 3.05) is 7.11 Å². The van der Waals surface area contributed by atoms with E-state index in [1.54, 1.807) is 25.3 Å². The molecule has 1 aliphatic heterocycles. The Balaban J connectivity index is 1.55. The standard InChI is InChI=1S/C24H23N3O3S/c1-29-17-7-9-23(10-8-17)13-16-5-6-19(30-18-4-2-3-15(11-18)14-25)12-20(16)24(23)21(28)26-22(31)27-24/h2-6,11-12,17H,7-10,13H2,1H3,(H2,26,27,28,31). The Hall–Kier alpha value is -2.95. The highest BCUT2D eigenvalue weighted by molar-refractivity contribution is 7.80. The quantitative estimate of drug-likeness (QED) is 0.719. The molecule has 1 unspecified atom stereocenters. The van der Waals surface area contributed by atoms with Gasteiger partial charge in [0.15, 0.2) is 10.7 Å². The van der Waals surface area contributed by atoms with E-state index in [1.807, 2.05) is 24.3 Å². The summed E-state index contributed by atoms with van der Waals surface area (Å²) in [5, 5.41) is 15.7. The molecule has 2 fully saturated rings. The monoisotopic (exact) mass is 433 g/mol. The van der Waals surface area contributed by atoms with E-state index in [2.05, 4.69) is 16.7 Å². The van der Waals surface area contributed by atoms with Crippen LogP contribution in [0.4, 0.5) is 0 Å². The molecule has 0 radical (unpaired) electrons. The number of ether oxygens (including phenoxy) is 2. The molecule has 5 rings (SSSR count). The van der Waals surface area contributed by atoms with Gasteiger partial charge in [-0.2, -0.15) is 5.26 Å². The number of nitrogens with zero attached hydrogens (tertiary/aromatic N) is 1. The molecule has 0 aromatic heterocycles. The number of rotatable bonds is 3. The van der Waals surface area contributed by atoms with Crippen LogP contribution in [0.1, 0.15) is 42.4 Å². The summed E-state index contributed by atoms with van der Waals surface area (Å²) >= 11 is 5.37. The summed E-state index contributed by atoms with van der Waals surface area (Å²) in [4.78, 5) is 13.4. The number of benzene rings is 2. The van der Waals surface area contributed by atoms with Crippen molar-refractivity contribution in [3.8, 4) is 17.6 Å². The van der Waals surface area contributed by atoms with Gasteiger partial charge in [0.05, 0.1) is 17.7 Å². The van der Waals surface area contributed by atoms with Crippen molar-refractivity contribution in [1.29, 1.82) is 5.26 Å². The summed E-state index contributed by atoms with van der Waals surface area (Å²) in [6, 6.07) is 15.1. The van der Waals surface area contributed by atoms with Crippen LogP contribution in [0.25, 0.3) is 0 Å². The lowest BCUT2D eigenvalue weighted by atomic mass is 9.61. The molecule has 2 spiro atoms. The maximum absolute atomic E-state index is 13.4. The normalized spacial score (nSPS) is 28.8. The average molecular weight is 434 g/mol. The maximum atomic E-state index is 13.4. The Morgan fingerprint density at radius 3 is 2.61 bits per heavy atom. The van der Waals surface area contributed by atoms with Gasteiger partial charge in [0, 0.05) is 12.5 Å². The van der Waals surface area contributed by atoms with E-state index in [1.165, 1.54) is 0 Å². The van der Waals surface area contributed by atoms with Crippen LogP contribution < -0.4 is 15.4 Å². The third kappa shape index (κ3) is 3.01. The number of thiocarbonyl (C=S) groups is 1. The zero-order valence-electron chi connectivity index (χ0n) is 17.2. The first-order chi connectivity index (χ1) is 15.0.